The Kier molecular flexibility index (Phi) is 4.30. The van der Waals surface area contributed by atoms with Crippen LogP contribution in [0.2, 0.25) is 0 Å². The van der Waals surface area contributed by atoms with E-state index in [9.17, 15) is 4.79 Å². The topological polar surface area (TPSA) is 48.0 Å². The van der Waals surface area contributed by atoms with Crippen molar-refractivity contribution in [1.29, 1.82) is 0 Å². The van der Waals surface area contributed by atoms with Gasteiger partial charge in [-0.05, 0) is 48.5 Å². The number of hydrogen-bond acceptors (Lipinski definition) is 4. The van der Waals surface area contributed by atoms with Crippen LogP contribution in [-0.4, -0.2) is 48.0 Å². The maximum atomic E-state index is 12.2. The smallest absolute Gasteiger partial charge is 0.444 e. The molecule has 0 aliphatic carbocycles. The van der Waals surface area contributed by atoms with Crippen LogP contribution < -0.4 is 0 Å². The molecule has 2 aliphatic heterocycles. The van der Waals surface area contributed by atoms with Crippen LogP contribution in [0.25, 0.3) is 0 Å². The van der Waals surface area contributed by atoms with E-state index in [-0.39, 0.29) is 17.3 Å². The van der Waals surface area contributed by atoms with Crippen LogP contribution in [0.5, 0.6) is 0 Å². The SMILES string of the molecule is CC(C)(C)OC(=O)N1C[CH+]C=C(B2OC(C)(C)C(C)(C)O2)C1. The van der Waals surface area contributed by atoms with Crippen LogP contribution in [0.1, 0.15) is 48.5 Å². The molecule has 1 fully saturated rings. The molecule has 0 N–H and O–H groups in total. The fraction of sp³-hybridized carbons (Fsp3) is 0.750. The standard InChI is InChI=1S/C16H27BNO4/c1-14(2,3)20-13(19)18-10-8-9-12(11-18)17-21-15(4,5)16(6,7)22-17/h8-9H,10-11H2,1-7H3/q+1. The summed E-state index contributed by atoms with van der Waals surface area (Å²) in [7, 11) is -0.425. The number of carbonyl (C=O) groups is 1. The van der Waals surface area contributed by atoms with Gasteiger partial charge >= 0.3 is 13.2 Å². The highest BCUT2D eigenvalue weighted by Gasteiger charge is 2.56. The lowest BCUT2D eigenvalue weighted by atomic mass is 9.76. The minimum Gasteiger partial charge on any atom is -0.444 e. The van der Waals surface area contributed by atoms with E-state index in [2.05, 4.69) is 0 Å². The van der Waals surface area contributed by atoms with E-state index in [1.165, 1.54) is 0 Å². The van der Waals surface area contributed by atoms with Crippen LogP contribution in [-0.2, 0) is 14.0 Å². The molecule has 1 saturated heterocycles. The summed E-state index contributed by atoms with van der Waals surface area (Å²) in [4.78, 5) is 13.9. The van der Waals surface area contributed by atoms with Crippen molar-refractivity contribution >= 4 is 13.2 Å². The Hall–Kier alpha value is -1.14. The Morgan fingerprint density at radius 3 is 2.32 bits per heavy atom. The van der Waals surface area contributed by atoms with Crippen molar-refractivity contribution < 1.29 is 18.8 Å². The molecule has 0 aromatic heterocycles. The van der Waals surface area contributed by atoms with E-state index in [1.807, 2.05) is 61.0 Å². The van der Waals surface area contributed by atoms with Gasteiger partial charge in [-0.15, -0.1) is 0 Å². The zero-order chi connectivity index (χ0) is 16.8. The minimum absolute atomic E-state index is 0.314. The van der Waals surface area contributed by atoms with E-state index in [0.717, 1.165) is 5.47 Å². The van der Waals surface area contributed by atoms with Crippen LogP contribution in [0, 0.1) is 6.42 Å². The normalized spacial score (nSPS) is 23.9. The first-order valence-electron chi connectivity index (χ1n) is 7.77. The summed E-state index contributed by atoms with van der Waals surface area (Å²) in [5.41, 5.74) is -0.321. The maximum Gasteiger partial charge on any atom is 0.611 e. The molecule has 0 radical (unpaired) electrons. The second-order valence-electron chi connectivity index (χ2n) is 7.93. The number of hydrogen-bond donors (Lipinski definition) is 0. The number of nitrogens with zero attached hydrogens (tertiary/aromatic N) is 1. The minimum atomic E-state index is -0.497. The number of carbonyl (C=O) groups excluding carboxylic acids is 1. The first kappa shape index (κ1) is 17.2. The van der Waals surface area contributed by atoms with Gasteiger partial charge in [-0.2, -0.15) is 0 Å². The molecule has 22 heavy (non-hydrogen) atoms. The molecule has 5 nitrogen and oxygen atoms in total. The molecule has 0 aromatic rings. The van der Waals surface area contributed by atoms with Gasteiger partial charge in [-0.3, -0.25) is 4.90 Å². The van der Waals surface area contributed by atoms with E-state index in [1.54, 1.807) is 4.90 Å². The average molecular weight is 308 g/mol. The largest absolute Gasteiger partial charge is 0.611 e. The van der Waals surface area contributed by atoms with E-state index >= 15 is 0 Å². The van der Waals surface area contributed by atoms with Crippen molar-refractivity contribution in [3.63, 3.8) is 0 Å². The van der Waals surface area contributed by atoms with Crippen LogP contribution in [0.15, 0.2) is 11.5 Å². The number of ether oxygens (including phenoxy) is 1. The third-order valence-electron chi connectivity index (χ3n) is 4.24. The Morgan fingerprint density at radius 2 is 1.82 bits per heavy atom. The quantitative estimate of drug-likeness (QED) is 0.552. The Labute approximate surface area is 134 Å². The molecule has 0 saturated carbocycles. The molecule has 0 bridgehead atoms. The lowest BCUT2D eigenvalue weighted by Crippen LogP contribution is -2.43. The second kappa shape index (κ2) is 5.50. The summed E-state index contributed by atoms with van der Waals surface area (Å²) in [6, 6.07) is 0. The molecule has 1 amide bonds. The van der Waals surface area contributed by atoms with Gasteiger partial charge in [0.25, 0.3) is 0 Å². The molecular formula is C16H27BNO4+. The zero-order valence-electron chi connectivity index (χ0n) is 14.7. The number of amides is 1. The first-order chi connectivity index (χ1) is 9.91. The lowest BCUT2D eigenvalue weighted by molar-refractivity contribution is 0.00578. The Balaban J connectivity index is 2.03. The maximum absolute atomic E-state index is 12.2. The van der Waals surface area contributed by atoms with Crippen molar-refractivity contribution in [2.24, 2.45) is 0 Å². The summed E-state index contributed by atoms with van der Waals surface area (Å²) in [5, 5.41) is 0. The highest BCUT2D eigenvalue weighted by molar-refractivity contribution is 6.55. The molecule has 0 spiro atoms. The lowest BCUT2D eigenvalue weighted by Gasteiger charge is -2.31. The van der Waals surface area contributed by atoms with E-state index in [4.69, 9.17) is 14.0 Å². The molecule has 2 heterocycles. The van der Waals surface area contributed by atoms with Gasteiger partial charge in [0, 0.05) is 0 Å². The fourth-order valence-corrected chi connectivity index (χ4v) is 2.28. The number of rotatable bonds is 1. The van der Waals surface area contributed by atoms with Crippen LogP contribution in [0.3, 0.4) is 0 Å². The molecule has 2 rings (SSSR count). The highest BCUT2D eigenvalue weighted by Crippen LogP contribution is 2.39. The van der Waals surface area contributed by atoms with Crippen molar-refractivity contribution in [3.05, 3.63) is 18.0 Å². The monoisotopic (exact) mass is 308 g/mol. The fourth-order valence-electron chi connectivity index (χ4n) is 2.28. The Bertz CT molecular complexity index is 463. The van der Waals surface area contributed by atoms with Crippen LogP contribution in [0.4, 0.5) is 4.79 Å². The van der Waals surface area contributed by atoms with Crippen molar-refractivity contribution in [2.75, 3.05) is 13.1 Å². The van der Waals surface area contributed by atoms with Gasteiger partial charge in [-0.1, -0.05) is 0 Å². The molecule has 122 valence electrons. The Morgan fingerprint density at radius 1 is 1.27 bits per heavy atom. The second-order valence-corrected chi connectivity index (χ2v) is 7.93. The van der Waals surface area contributed by atoms with Crippen molar-refractivity contribution in [2.45, 2.75) is 65.3 Å². The van der Waals surface area contributed by atoms with Gasteiger partial charge in [-0.25, -0.2) is 4.79 Å². The molecule has 0 aromatic carbocycles. The molecular weight excluding hydrogens is 281 g/mol. The molecule has 0 unspecified atom stereocenters. The van der Waals surface area contributed by atoms with Crippen molar-refractivity contribution in [1.82, 2.24) is 4.90 Å². The third kappa shape index (κ3) is 3.61. The molecule has 6 heteroatoms. The highest BCUT2D eigenvalue weighted by atomic mass is 16.7. The van der Waals surface area contributed by atoms with E-state index in [0.29, 0.717) is 13.1 Å². The first-order valence-corrected chi connectivity index (χ1v) is 7.77. The summed E-state index contributed by atoms with van der Waals surface area (Å²) in [6.45, 7) is 14.7. The molecule has 2 aliphatic rings. The van der Waals surface area contributed by atoms with Gasteiger partial charge < -0.3 is 14.0 Å². The van der Waals surface area contributed by atoms with E-state index < -0.39 is 12.7 Å². The van der Waals surface area contributed by atoms with Crippen LogP contribution >= 0.6 is 0 Å². The predicted octanol–water partition coefficient (Wildman–Crippen LogP) is 3.00. The van der Waals surface area contributed by atoms with Gasteiger partial charge in [0.05, 0.1) is 29.2 Å². The zero-order valence-corrected chi connectivity index (χ0v) is 14.7. The molecule has 0 atom stereocenters. The summed E-state index contributed by atoms with van der Waals surface area (Å²) in [6.07, 6.45) is 3.61. The third-order valence-corrected chi connectivity index (χ3v) is 4.24. The van der Waals surface area contributed by atoms with Gasteiger partial charge in [0.15, 0.2) is 0 Å². The van der Waals surface area contributed by atoms with Crippen molar-refractivity contribution in [3.8, 4) is 0 Å². The van der Waals surface area contributed by atoms with Gasteiger partial charge in [0.1, 0.15) is 18.7 Å². The summed E-state index contributed by atoms with van der Waals surface area (Å²) in [5.74, 6) is 0. The summed E-state index contributed by atoms with van der Waals surface area (Å²) >= 11 is 0. The average Bonchev–Trinajstić information content (AvgIpc) is 2.57. The summed E-state index contributed by atoms with van der Waals surface area (Å²) < 4.78 is 17.5. The van der Waals surface area contributed by atoms with Gasteiger partial charge in [0.2, 0.25) is 0 Å². The predicted molar refractivity (Wildman–Crippen MR) is 86.3 cm³/mol.